The quantitative estimate of drug-likeness (QED) is 0.796. The molecule has 0 atom stereocenters. The summed E-state index contributed by atoms with van der Waals surface area (Å²) in [4.78, 5) is 25.7. The summed E-state index contributed by atoms with van der Waals surface area (Å²) in [5.74, 6) is -0.377. The van der Waals surface area contributed by atoms with Gasteiger partial charge in [0.15, 0.2) is 0 Å². The van der Waals surface area contributed by atoms with E-state index in [1.54, 1.807) is 18.2 Å². The second-order valence-corrected chi connectivity index (χ2v) is 6.78. The van der Waals surface area contributed by atoms with E-state index in [0.29, 0.717) is 15.7 Å². The Morgan fingerprint density at radius 2 is 1.68 bits per heavy atom. The molecule has 4 nitrogen and oxygen atoms in total. The average Bonchev–Trinajstić information content (AvgIpc) is 2.49. The zero-order chi connectivity index (χ0) is 18.6. The maximum atomic E-state index is 12.2. The minimum absolute atomic E-state index is 0.148. The van der Waals surface area contributed by atoms with Crippen molar-refractivity contribution in [1.29, 1.82) is 0 Å². The first-order valence-corrected chi connectivity index (χ1v) is 8.63. The summed E-state index contributed by atoms with van der Waals surface area (Å²) < 4.78 is 0. The molecule has 0 aliphatic rings. The van der Waals surface area contributed by atoms with Crippen LogP contribution in [-0.4, -0.2) is 18.4 Å². The van der Waals surface area contributed by atoms with Crippen LogP contribution in [0.3, 0.4) is 0 Å². The molecule has 0 spiro atoms. The minimum Gasteiger partial charge on any atom is -0.326 e. The van der Waals surface area contributed by atoms with Gasteiger partial charge in [-0.1, -0.05) is 29.3 Å². The van der Waals surface area contributed by atoms with E-state index in [2.05, 4.69) is 5.32 Å². The van der Waals surface area contributed by atoms with Crippen LogP contribution in [0.1, 0.15) is 24.5 Å². The number of hydrogen-bond acceptors (Lipinski definition) is 2. The van der Waals surface area contributed by atoms with Crippen LogP contribution in [0.15, 0.2) is 36.4 Å². The van der Waals surface area contributed by atoms with Gasteiger partial charge in [-0.25, -0.2) is 0 Å². The molecular weight excluding hydrogens is 359 g/mol. The van der Waals surface area contributed by atoms with E-state index in [-0.39, 0.29) is 24.8 Å². The number of rotatable bonds is 5. The lowest BCUT2D eigenvalue weighted by atomic mass is 10.1. The largest absolute Gasteiger partial charge is 0.326 e. The van der Waals surface area contributed by atoms with E-state index < -0.39 is 0 Å². The van der Waals surface area contributed by atoms with E-state index in [1.807, 2.05) is 32.0 Å². The highest BCUT2D eigenvalue weighted by molar-refractivity contribution is 6.35. The zero-order valence-corrected chi connectivity index (χ0v) is 15.9. The van der Waals surface area contributed by atoms with Crippen molar-refractivity contribution in [2.75, 3.05) is 16.8 Å². The zero-order valence-electron chi connectivity index (χ0n) is 14.4. The first-order chi connectivity index (χ1) is 11.8. The number of amides is 2. The average molecular weight is 379 g/mol. The Morgan fingerprint density at radius 3 is 2.28 bits per heavy atom. The molecule has 0 saturated carbocycles. The van der Waals surface area contributed by atoms with Gasteiger partial charge < -0.3 is 10.2 Å². The number of halogens is 2. The first-order valence-electron chi connectivity index (χ1n) is 7.87. The number of carbonyl (C=O) groups is 2. The molecule has 0 radical (unpaired) electrons. The number of anilines is 2. The highest BCUT2D eigenvalue weighted by Crippen LogP contribution is 2.29. The molecule has 2 amide bonds. The molecule has 0 unspecified atom stereocenters. The molecule has 0 aliphatic carbocycles. The van der Waals surface area contributed by atoms with Crippen LogP contribution in [0.25, 0.3) is 0 Å². The predicted molar refractivity (Wildman–Crippen MR) is 104 cm³/mol. The van der Waals surface area contributed by atoms with Gasteiger partial charge in [-0.3, -0.25) is 9.59 Å². The van der Waals surface area contributed by atoms with E-state index in [1.165, 1.54) is 11.8 Å². The summed E-state index contributed by atoms with van der Waals surface area (Å²) >= 11 is 12.2. The van der Waals surface area contributed by atoms with Crippen molar-refractivity contribution in [1.82, 2.24) is 0 Å². The van der Waals surface area contributed by atoms with Crippen LogP contribution in [-0.2, 0) is 9.59 Å². The molecule has 6 heteroatoms. The highest BCUT2D eigenvalue weighted by atomic mass is 35.5. The Morgan fingerprint density at radius 1 is 1.04 bits per heavy atom. The van der Waals surface area contributed by atoms with Crippen molar-refractivity contribution in [2.45, 2.75) is 27.2 Å². The van der Waals surface area contributed by atoms with E-state index in [0.717, 1.165) is 16.8 Å². The summed E-state index contributed by atoms with van der Waals surface area (Å²) in [5, 5.41) is 3.75. The Balaban J connectivity index is 2.07. The number of benzene rings is 2. The number of aryl methyl sites for hydroxylation is 2. The maximum Gasteiger partial charge on any atom is 0.226 e. The standard InChI is InChI=1S/C19H20Cl2N2O2/c1-12-8-13(2)10-16(9-12)22-19(25)6-7-23(14(3)24)18-11-15(20)4-5-17(18)21/h4-5,8-11H,6-7H2,1-3H3,(H,22,25). The van der Waals surface area contributed by atoms with Crippen molar-refractivity contribution in [3.05, 3.63) is 57.6 Å². The molecule has 0 aliphatic heterocycles. The molecular formula is C19H20Cl2N2O2. The second-order valence-electron chi connectivity index (χ2n) is 5.94. The van der Waals surface area contributed by atoms with Crippen LogP contribution >= 0.6 is 23.2 Å². The number of nitrogens with zero attached hydrogens (tertiary/aromatic N) is 1. The summed E-state index contributed by atoms with van der Waals surface area (Å²) in [6.45, 7) is 5.59. The van der Waals surface area contributed by atoms with Gasteiger partial charge in [0.1, 0.15) is 0 Å². The smallest absolute Gasteiger partial charge is 0.226 e. The van der Waals surface area contributed by atoms with Crippen molar-refractivity contribution in [3.8, 4) is 0 Å². The van der Waals surface area contributed by atoms with Crippen molar-refractivity contribution < 1.29 is 9.59 Å². The molecule has 25 heavy (non-hydrogen) atoms. The summed E-state index contributed by atoms with van der Waals surface area (Å²) in [7, 11) is 0. The summed E-state index contributed by atoms with van der Waals surface area (Å²) in [5.41, 5.74) is 3.40. The molecule has 132 valence electrons. The Hall–Kier alpha value is -2.04. The van der Waals surface area contributed by atoms with Gasteiger partial charge in [0.25, 0.3) is 0 Å². The lowest BCUT2D eigenvalue weighted by Gasteiger charge is -2.22. The SMILES string of the molecule is CC(=O)N(CCC(=O)Nc1cc(C)cc(C)c1)c1cc(Cl)ccc1Cl. The van der Waals surface area contributed by atoms with E-state index in [4.69, 9.17) is 23.2 Å². The number of hydrogen-bond donors (Lipinski definition) is 1. The highest BCUT2D eigenvalue weighted by Gasteiger charge is 2.17. The fraction of sp³-hybridized carbons (Fsp3) is 0.263. The molecule has 0 fully saturated rings. The van der Waals surface area contributed by atoms with Gasteiger partial charge in [-0.2, -0.15) is 0 Å². The molecule has 0 aromatic heterocycles. The van der Waals surface area contributed by atoms with Gasteiger partial charge in [0.2, 0.25) is 11.8 Å². The molecule has 2 aromatic carbocycles. The van der Waals surface area contributed by atoms with Crippen LogP contribution in [0, 0.1) is 13.8 Å². The minimum atomic E-state index is -0.205. The fourth-order valence-electron chi connectivity index (χ4n) is 2.62. The topological polar surface area (TPSA) is 49.4 Å². The van der Waals surface area contributed by atoms with Gasteiger partial charge in [0.05, 0.1) is 10.7 Å². The van der Waals surface area contributed by atoms with Gasteiger partial charge in [-0.05, 0) is 55.3 Å². The Bertz CT molecular complexity index is 786. The van der Waals surface area contributed by atoms with Crippen LogP contribution < -0.4 is 10.2 Å². The fourth-order valence-corrected chi connectivity index (χ4v) is 3.01. The van der Waals surface area contributed by atoms with Crippen molar-refractivity contribution >= 4 is 46.4 Å². The molecule has 0 bridgehead atoms. The van der Waals surface area contributed by atoms with E-state index in [9.17, 15) is 9.59 Å². The second kappa shape index (κ2) is 8.37. The summed E-state index contributed by atoms with van der Waals surface area (Å²) in [6, 6.07) is 10.7. The van der Waals surface area contributed by atoms with Crippen LogP contribution in [0.5, 0.6) is 0 Å². The molecule has 2 rings (SSSR count). The van der Waals surface area contributed by atoms with Crippen LogP contribution in [0.2, 0.25) is 10.0 Å². The monoisotopic (exact) mass is 378 g/mol. The predicted octanol–water partition coefficient (Wildman–Crippen LogP) is 4.99. The maximum absolute atomic E-state index is 12.2. The van der Waals surface area contributed by atoms with Gasteiger partial charge >= 0.3 is 0 Å². The van der Waals surface area contributed by atoms with Gasteiger partial charge in [-0.15, -0.1) is 0 Å². The molecule has 1 N–H and O–H groups in total. The van der Waals surface area contributed by atoms with Crippen molar-refractivity contribution in [2.24, 2.45) is 0 Å². The third kappa shape index (κ3) is 5.48. The van der Waals surface area contributed by atoms with E-state index >= 15 is 0 Å². The third-order valence-corrected chi connectivity index (χ3v) is 4.20. The lowest BCUT2D eigenvalue weighted by molar-refractivity contribution is -0.117. The third-order valence-electron chi connectivity index (χ3n) is 3.65. The number of nitrogens with one attached hydrogen (secondary N) is 1. The first kappa shape index (κ1) is 19.3. The molecule has 2 aromatic rings. The summed E-state index contributed by atoms with van der Waals surface area (Å²) in [6.07, 6.45) is 0.148. The molecule has 0 heterocycles. The van der Waals surface area contributed by atoms with Gasteiger partial charge in [0, 0.05) is 30.6 Å². The molecule has 0 saturated heterocycles. The van der Waals surface area contributed by atoms with Crippen LogP contribution in [0.4, 0.5) is 11.4 Å². The normalized spacial score (nSPS) is 10.4. The van der Waals surface area contributed by atoms with Crippen molar-refractivity contribution in [3.63, 3.8) is 0 Å². The Labute approximate surface area is 157 Å². The Kier molecular flexibility index (Phi) is 6.45. The number of carbonyl (C=O) groups excluding carboxylic acids is 2. The lowest BCUT2D eigenvalue weighted by Crippen LogP contribution is -2.32.